The van der Waals surface area contributed by atoms with Crippen LogP contribution in [0.3, 0.4) is 0 Å². The number of hydrogen-bond acceptors (Lipinski definition) is 15. The average Bonchev–Trinajstić information content (AvgIpc) is 0.807. The second-order valence-corrected chi connectivity index (χ2v) is 30.9. The number of halogens is 4. The Kier molecular flexibility index (Phi) is 30.0. The lowest BCUT2D eigenvalue weighted by atomic mass is 9.85. The third-order valence-corrected chi connectivity index (χ3v) is 18.9. The number of amides is 4. The van der Waals surface area contributed by atoms with Crippen molar-refractivity contribution < 1.29 is 68.7 Å². The normalized spacial score (nSPS) is 14.0. The highest BCUT2D eigenvalue weighted by atomic mass is 32.2. The van der Waals surface area contributed by atoms with E-state index in [4.69, 9.17) is 5.73 Å². The lowest BCUT2D eigenvalue weighted by molar-refractivity contribution is -0.385. The molecule has 0 fully saturated rings. The van der Waals surface area contributed by atoms with Crippen molar-refractivity contribution in [1.82, 2.24) is 40.5 Å². The number of nitrogen functional groups attached to an aromatic ring is 1. The van der Waals surface area contributed by atoms with E-state index in [1.165, 1.54) is 34.6 Å². The van der Waals surface area contributed by atoms with E-state index in [0.717, 1.165) is 57.9 Å². The molecule has 0 saturated carbocycles. The van der Waals surface area contributed by atoms with Crippen molar-refractivity contribution >= 4 is 55.1 Å². The molecule has 22 nitrogen and oxygen atoms in total. The zero-order valence-corrected chi connectivity index (χ0v) is 58.4. The Morgan fingerprint density at radius 2 is 0.857 bits per heavy atom. The van der Waals surface area contributed by atoms with Crippen LogP contribution in [0.1, 0.15) is 91.5 Å². The Balaban J connectivity index is 0.000000354. The van der Waals surface area contributed by atoms with Crippen LogP contribution in [0.15, 0.2) is 155 Å². The molecule has 4 unspecified atom stereocenters. The number of aliphatic hydroxyl groups excluding tert-OH is 2. The second-order valence-electron chi connectivity index (χ2n) is 27.0. The van der Waals surface area contributed by atoms with Gasteiger partial charge in [0.25, 0.3) is 5.69 Å². The number of sulfonamides is 2. The van der Waals surface area contributed by atoms with Gasteiger partial charge in [-0.05, 0) is 106 Å². The Hall–Kier alpha value is -8.22. The molecular weight excluding hydrogens is 1310 g/mol. The summed E-state index contributed by atoms with van der Waals surface area (Å²) in [6.07, 6.45) is -2.50. The molecule has 98 heavy (non-hydrogen) atoms. The molecule has 6 atom stereocenters. The SMILES string of the molecule is CC(C)CN(CC(O)C(Cc1ccccc1)NC(=O)[C@@H](NC(=O)CNCc1cc(F)cc(F)c1)C(C)(C)C)S(=O)(=O)c1cccc(N)c1.CC(C)CN(CC(O)C(Cc1ccccc1)NC(=O)[C@@H](NC(=O)CNCc1cc(F)cc(F)c1)C(C)(C)C)S(=O)(=O)c1cccc([N+](=O)[O-])c1. The first-order chi connectivity index (χ1) is 45.8. The summed E-state index contributed by atoms with van der Waals surface area (Å²) in [7, 11) is -8.38. The highest BCUT2D eigenvalue weighted by Crippen LogP contribution is 2.27. The summed E-state index contributed by atoms with van der Waals surface area (Å²) in [5, 5.41) is 51.3. The number of nitrogens with zero attached hydrogens (tertiary/aromatic N) is 3. The van der Waals surface area contributed by atoms with Crippen molar-refractivity contribution in [3.8, 4) is 0 Å². The van der Waals surface area contributed by atoms with E-state index in [0.29, 0.717) is 5.56 Å². The summed E-state index contributed by atoms with van der Waals surface area (Å²) in [5.74, 6) is -5.54. The lowest BCUT2D eigenvalue weighted by Gasteiger charge is -2.34. The summed E-state index contributed by atoms with van der Waals surface area (Å²) in [5.41, 5.74) is 6.30. The average molecular weight is 1410 g/mol. The van der Waals surface area contributed by atoms with E-state index < -0.39 is 131 Å². The minimum absolute atomic E-state index is 0.00800. The fourth-order valence-electron chi connectivity index (χ4n) is 10.4. The molecule has 0 aromatic heterocycles. The number of anilines is 1. The number of rotatable bonds is 33. The topological polar surface area (TPSA) is 325 Å². The molecule has 10 N–H and O–H groups in total. The molecule has 6 aromatic rings. The number of nitro groups is 1. The smallest absolute Gasteiger partial charge is 0.270 e. The molecule has 0 bridgehead atoms. The quantitative estimate of drug-likeness (QED) is 0.00832. The lowest BCUT2D eigenvalue weighted by Crippen LogP contribution is -2.59. The first kappa shape index (κ1) is 80.5. The first-order valence-electron chi connectivity index (χ1n) is 31.9. The van der Waals surface area contributed by atoms with Gasteiger partial charge < -0.3 is 47.8 Å². The number of carbonyl (C=O) groups excluding carboxylic acids is 4. The number of nitro benzene ring substituents is 1. The predicted molar refractivity (Wildman–Crippen MR) is 366 cm³/mol. The monoisotopic (exact) mass is 1400 g/mol. The summed E-state index contributed by atoms with van der Waals surface area (Å²) >= 11 is 0. The van der Waals surface area contributed by atoms with Gasteiger partial charge in [-0.2, -0.15) is 8.61 Å². The van der Waals surface area contributed by atoms with Crippen molar-refractivity contribution in [2.45, 2.75) is 141 Å². The number of non-ortho nitro benzene ring substituents is 1. The zero-order chi connectivity index (χ0) is 72.9. The van der Waals surface area contributed by atoms with E-state index in [-0.39, 0.29) is 91.5 Å². The van der Waals surface area contributed by atoms with Crippen molar-refractivity contribution in [3.05, 3.63) is 201 Å². The molecule has 0 radical (unpaired) electrons. The molecule has 6 aromatic carbocycles. The van der Waals surface area contributed by atoms with E-state index in [1.54, 1.807) is 97.9 Å². The van der Waals surface area contributed by atoms with Gasteiger partial charge in [-0.3, -0.25) is 29.3 Å². The molecule has 0 aliphatic rings. The van der Waals surface area contributed by atoms with Crippen LogP contribution in [0.4, 0.5) is 28.9 Å². The molecule has 534 valence electrons. The summed E-state index contributed by atoms with van der Waals surface area (Å²) in [6.45, 7) is 16.6. The maximum Gasteiger partial charge on any atom is 0.270 e. The number of benzene rings is 6. The fourth-order valence-corrected chi connectivity index (χ4v) is 13.8. The number of aliphatic hydroxyl groups is 2. The minimum Gasteiger partial charge on any atom is -0.399 e. The molecule has 6 rings (SSSR count). The van der Waals surface area contributed by atoms with E-state index >= 15 is 0 Å². The first-order valence-corrected chi connectivity index (χ1v) is 34.8. The van der Waals surface area contributed by atoms with Crippen LogP contribution in [0.2, 0.25) is 0 Å². The summed E-state index contributed by atoms with van der Waals surface area (Å²) in [6, 6.07) is 30.6. The van der Waals surface area contributed by atoms with Crippen LogP contribution < -0.4 is 37.6 Å². The molecule has 4 amide bonds. The summed E-state index contributed by atoms with van der Waals surface area (Å²) in [4.78, 5) is 63.9. The van der Waals surface area contributed by atoms with Crippen LogP contribution in [0.5, 0.6) is 0 Å². The van der Waals surface area contributed by atoms with Crippen molar-refractivity contribution in [2.75, 3.05) is 45.0 Å². The Bertz CT molecular complexity index is 3830. The molecule has 0 aliphatic heterocycles. The van der Waals surface area contributed by atoms with E-state index in [1.807, 2.05) is 44.2 Å². The van der Waals surface area contributed by atoms with Crippen molar-refractivity contribution in [2.24, 2.45) is 22.7 Å². The molecule has 0 heterocycles. The van der Waals surface area contributed by atoms with Gasteiger partial charge in [0.1, 0.15) is 35.4 Å². The molecule has 0 aliphatic carbocycles. The number of carbonyl (C=O) groups is 4. The van der Waals surface area contributed by atoms with Gasteiger partial charge >= 0.3 is 0 Å². The maximum atomic E-state index is 13.8. The van der Waals surface area contributed by atoms with E-state index in [9.17, 15) is 73.9 Å². The van der Waals surface area contributed by atoms with Gasteiger partial charge in [-0.1, -0.05) is 142 Å². The molecular formula is C70H92F4N10O12S2. The van der Waals surface area contributed by atoms with Gasteiger partial charge in [0.05, 0.1) is 52.1 Å². The maximum absolute atomic E-state index is 13.8. The largest absolute Gasteiger partial charge is 0.399 e. The van der Waals surface area contributed by atoms with Gasteiger partial charge in [-0.15, -0.1) is 0 Å². The number of nitrogens with two attached hydrogens (primary N) is 1. The second kappa shape index (κ2) is 36.6. The summed E-state index contributed by atoms with van der Waals surface area (Å²) < 4.78 is 111. The van der Waals surface area contributed by atoms with Gasteiger partial charge in [0.2, 0.25) is 43.7 Å². The predicted octanol–water partition coefficient (Wildman–Crippen LogP) is 7.53. The Morgan fingerprint density at radius 3 is 1.19 bits per heavy atom. The minimum atomic E-state index is -4.32. The third kappa shape index (κ3) is 25.9. The molecule has 28 heteroatoms. The molecule has 0 saturated heterocycles. The fraction of sp³-hybridized carbons (Fsp3) is 0.429. The van der Waals surface area contributed by atoms with Crippen LogP contribution >= 0.6 is 0 Å². The van der Waals surface area contributed by atoms with Crippen molar-refractivity contribution in [3.63, 3.8) is 0 Å². The van der Waals surface area contributed by atoms with Crippen LogP contribution in [0.25, 0.3) is 0 Å². The zero-order valence-electron chi connectivity index (χ0n) is 56.8. The van der Waals surface area contributed by atoms with Gasteiger partial charge in [-0.25, -0.2) is 34.4 Å². The Morgan fingerprint density at radius 1 is 0.500 bits per heavy atom. The van der Waals surface area contributed by atoms with E-state index in [2.05, 4.69) is 31.9 Å². The highest BCUT2D eigenvalue weighted by Gasteiger charge is 2.39. The van der Waals surface area contributed by atoms with Gasteiger partial charge in [0, 0.05) is 69.2 Å². The third-order valence-electron chi connectivity index (χ3n) is 15.2. The number of hydrogen-bond donors (Lipinski definition) is 9. The standard InChI is InChI=1S/C35H45F2N5O7S.C35H47F2N5O5S/c1-23(2)21-41(50(48,49)29-13-9-12-28(18-29)42(46)47)22-31(43)30(16-24-10-7-6-8-11-24)39-34(45)33(35(3,4)5)40-32(44)20-38-19-25-14-26(36)17-27(37)15-25;1-23(2)21-42(48(46,47)29-13-9-12-28(38)18-29)22-31(43)30(16-24-10-7-6-8-11-24)40-34(45)33(35(3,4)5)41-32(44)20-39-19-25-14-26(36)17-27(37)15-25/h6-15,17-18,23,30-31,33,38,43H,16,19-22H2,1-5H3,(H,39,45)(H,40,44);6-15,17-18,23,30-31,33,39,43H,16,19-22,38H2,1-5H3,(H,40,45)(H,41,44)/t2*30?,31?,33-/m11/s1. The van der Waals surface area contributed by atoms with Crippen LogP contribution in [0, 0.1) is 56.0 Å². The van der Waals surface area contributed by atoms with Gasteiger partial charge in [0.15, 0.2) is 0 Å². The van der Waals surface area contributed by atoms with Crippen LogP contribution in [-0.4, -0.2) is 140 Å². The Labute approximate surface area is 571 Å². The number of nitrogens with one attached hydrogen (secondary N) is 6. The van der Waals surface area contributed by atoms with Crippen LogP contribution in [-0.2, 0) is 65.2 Å². The van der Waals surface area contributed by atoms with Crippen molar-refractivity contribution in [1.29, 1.82) is 0 Å². The highest BCUT2D eigenvalue weighted by molar-refractivity contribution is 7.89. The molecule has 0 spiro atoms.